The maximum absolute atomic E-state index is 12.8. The zero-order chi connectivity index (χ0) is 23.9. The second kappa shape index (κ2) is 9.05. The fraction of sp³-hybridized carbons (Fsp3) is 0.409. The first kappa shape index (κ1) is 23.7. The lowest BCUT2D eigenvalue weighted by atomic mass is 9.80. The molecule has 174 valence electrons. The number of alkyl halides is 3. The summed E-state index contributed by atoms with van der Waals surface area (Å²) in [6.45, 7) is 2.99. The lowest BCUT2D eigenvalue weighted by Gasteiger charge is -2.34. The number of nitrogens with one attached hydrogen (secondary N) is 1. The highest BCUT2D eigenvalue weighted by atomic mass is 35.5. The molecule has 0 aromatic carbocycles. The predicted octanol–water partition coefficient (Wildman–Crippen LogP) is 5.55. The Morgan fingerprint density at radius 3 is 2.55 bits per heavy atom. The van der Waals surface area contributed by atoms with E-state index in [1.54, 1.807) is 18.3 Å². The lowest BCUT2D eigenvalue weighted by molar-refractivity contribution is -0.146. The molecule has 0 spiro atoms. The van der Waals surface area contributed by atoms with Gasteiger partial charge in [-0.3, -0.25) is 4.98 Å². The highest BCUT2D eigenvalue weighted by Crippen LogP contribution is 2.42. The zero-order valence-electron chi connectivity index (χ0n) is 17.9. The predicted molar refractivity (Wildman–Crippen MR) is 120 cm³/mol. The van der Waals surface area contributed by atoms with E-state index in [4.69, 9.17) is 11.6 Å². The highest BCUT2D eigenvalue weighted by Gasteiger charge is 2.37. The van der Waals surface area contributed by atoms with E-state index in [0.717, 1.165) is 31.7 Å². The van der Waals surface area contributed by atoms with Crippen LogP contribution in [-0.2, 0) is 11.0 Å². The Hall–Kier alpha value is -2.48. The van der Waals surface area contributed by atoms with Crippen LogP contribution in [-0.4, -0.2) is 31.0 Å². The Kier molecular flexibility index (Phi) is 6.49. The molecule has 0 saturated heterocycles. The van der Waals surface area contributed by atoms with E-state index < -0.39 is 23.2 Å². The Bertz CT molecular complexity index is 1250. The topological polar surface area (TPSA) is 83.6 Å². The number of fused-ring (bicyclic) bond motifs is 1. The Labute approximate surface area is 196 Å². The van der Waals surface area contributed by atoms with Gasteiger partial charge in [-0.05, 0) is 50.8 Å². The van der Waals surface area contributed by atoms with E-state index in [2.05, 4.69) is 23.0 Å². The van der Waals surface area contributed by atoms with Gasteiger partial charge in [-0.25, -0.2) is 13.9 Å². The van der Waals surface area contributed by atoms with E-state index in [9.17, 15) is 22.6 Å². The van der Waals surface area contributed by atoms with Crippen LogP contribution in [0, 0.1) is 17.2 Å². The Balaban J connectivity index is 1.77. The normalized spacial score (nSPS) is 17.4. The van der Waals surface area contributed by atoms with Crippen molar-refractivity contribution in [1.29, 1.82) is 5.26 Å². The van der Waals surface area contributed by atoms with Crippen molar-refractivity contribution < 1.29 is 17.4 Å². The second-order valence-corrected chi connectivity index (χ2v) is 9.82. The number of rotatable bonds is 6. The SMILES string of the molecule is CC(C1CCC1)n1c(-c2ccc(S(=O)NC(C)C(F)(F)F)cn2)c(C#N)c2cc(Cl)ncc21. The number of nitrogens with zero attached hydrogens (tertiary/aromatic N) is 4. The lowest BCUT2D eigenvalue weighted by Crippen LogP contribution is -2.40. The molecule has 1 aliphatic rings. The van der Waals surface area contributed by atoms with Gasteiger partial charge < -0.3 is 4.57 Å². The molecular weight excluding hydrogens is 475 g/mol. The standard InChI is InChI=1S/C22H21ClF3N5OS/c1-12(14-4-3-5-14)31-19-11-29-20(23)8-16(19)17(9-27)21(31)18-7-6-15(10-28-18)33(32)30-13(2)22(24,25)26/h6-8,10-14,30H,3-5H2,1-2H3. The first-order valence-electron chi connectivity index (χ1n) is 10.4. The van der Waals surface area contributed by atoms with Gasteiger partial charge in [-0.2, -0.15) is 18.4 Å². The largest absolute Gasteiger partial charge is 0.404 e. The van der Waals surface area contributed by atoms with Crippen LogP contribution in [0.4, 0.5) is 13.2 Å². The number of aromatic nitrogens is 3. The quantitative estimate of drug-likeness (QED) is 0.454. The van der Waals surface area contributed by atoms with Crippen LogP contribution in [0.5, 0.6) is 0 Å². The van der Waals surface area contributed by atoms with Crippen LogP contribution >= 0.6 is 11.6 Å². The summed E-state index contributed by atoms with van der Waals surface area (Å²) in [4.78, 5) is 8.67. The second-order valence-electron chi connectivity index (χ2n) is 8.19. The van der Waals surface area contributed by atoms with Gasteiger partial charge in [0, 0.05) is 17.6 Å². The van der Waals surface area contributed by atoms with Gasteiger partial charge in [0.2, 0.25) is 0 Å². The van der Waals surface area contributed by atoms with Gasteiger partial charge >= 0.3 is 6.18 Å². The van der Waals surface area contributed by atoms with Crippen molar-refractivity contribution in [2.24, 2.45) is 5.92 Å². The van der Waals surface area contributed by atoms with Gasteiger partial charge in [0.1, 0.15) is 28.2 Å². The summed E-state index contributed by atoms with van der Waals surface area (Å²) in [5.74, 6) is 0.446. The highest BCUT2D eigenvalue weighted by molar-refractivity contribution is 7.83. The number of nitriles is 1. The molecule has 0 amide bonds. The number of pyridine rings is 2. The molecule has 3 heterocycles. The maximum atomic E-state index is 12.8. The average molecular weight is 496 g/mol. The fourth-order valence-electron chi connectivity index (χ4n) is 4.03. The average Bonchev–Trinajstić information content (AvgIpc) is 3.05. The third-order valence-electron chi connectivity index (χ3n) is 6.18. The van der Waals surface area contributed by atoms with E-state index in [0.29, 0.717) is 28.3 Å². The van der Waals surface area contributed by atoms with Crippen LogP contribution in [0.25, 0.3) is 22.3 Å². The minimum atomic E-state index is -4.52. The van der Waals surface area contributed by atoms with Crippen molar-refractivity contribution >= 4 is 33.5 Å². The summed E-state index contributed by atoms with van der Waals surface area (Å²) in [6, 6.07) is 5.06. The molecule has 3 unspecified atom stereocenters. The molecule has 1 N–H and O–H groups in total. The molecule has 0 bridgehead atoms. The van der Waals surface area contributed by atoms with Crippen molar-refractivity contribution in [3.05, 3.63) is 41.3 Å². The molecule has 3 aromatic rings. The van der Waals surface area contributed by atoms with Crippen LogP contribution in [0.1, 0.15) is 44.7 Å². The first-order valence-corrected chi connectivity index (χ1v) is 11.9. The first-order chi connectivity index (χ1) is 15.6. The minimum Gasteiger partial charge on any atom is -0.334 e. The van der Waals surface area contributed by atoms with Gasteiger partial charge in [0.05, 0.1) is 33.6 Å². The van der Waals surface area contributed by atoms with Crippen LogP contribution < -0.4 is 4.72 Å². The minimum absolute atomic E-state index is 0.0752. The van der Waals surface area contributed by atoms with E-state index in [1.165, 1.54) is 12.3 Å². The van der Waals surface area contributed by atoms with E-state index >= 15 is 0 Å². The molecule has 0 radical (unpaired) electrons. The van der Waals surface area contributed by atoms with Gasteiger partial charge in [-0.15, -0.1) is 0 Å². The molecule has 11 heteroatoms. The van der Waals surface area contributed by atoms with Crippen molar-refractivity contribution in [1.82, 2.24) is 19.3 Å². The molecule has 33 heavy (non-hydrogen) atoms. The summed E-state index contributed by atoms with van der Waals surface area (Å²) < 4.78 is 54.8. The maximum Gasteiger partial charge on any atom is 0.404 e. The van der Waals surface area contributed by atoms with Crippen molar-refractivity contribution in [3.8, 4) is 17.5 Å². The van der Waals surface area contributed by atoms with Crippen molar-refractivity contribution in [3.63, 3.8) is 0 Å². The Morgan fingerprint density at radius 2 is 2.00 bits per heavy atom. The molecule has 3 aromatic heterocycles. The third kappa shape index (κ3) is 4.50. The van der Waals surface area contributed by atoms with E-state index in [-0.39, 0.29) is 16.1 Å². The van der Waals surface area contributed by atoms with Crippen LogP contribution in [0.3, 0.4) is 0 Å². The number of halogens is 4. The Morgan fingerprint density at radius 1 is 1.27 bits per heavy atom. The molecule has 3 atom stereocenters. The van der Waals surface area contributed by atoms with Crippen molar-refractivity contribution in [2.75, 3.05) is 0 Å². The summed E-state index contributed by atoms with van der Waals surface area (Å²) in [7, 11) is -2.10. The molecule has 1 saturated carbocycles. The summed E-state index contributed by atoms with van der Waals surface area (Å²) in [6.07, 6.45) is 1.71. The third-order valence-corrected chi connectivity index (χ3v) is 7.62. The molecular formula is C22H21ClF3N5OS. The van der Waals surface area contributed by atoms with Gasteiger partial charge in [0.15, 0.2) is 0 Å². The molecule has 1 fully saturated rings. The summed E-state index contributed by atoms with van der Waals surface area (Å²) >= 11 is 6.10. The van der Waals surface area contributed by atoms with Crippen molar-refractivity contribution in [2.45, 2.75) is 56.3 Å². The smallest absolute Gasteiger partial charge is 0.334 e. The molecule has 0 aliphatic heterocycles. The molecule has 1 aliphatic carbocycles. The molecule has 4 rings (SSSR count). The monoisotopic (exact) mass is 495 g/mol. The molecule has 6 nitrogen and oxygen atoms in total. The number of hydrogen-bond acceptors (Lipinski definition) is 4. The fourth-order valence-corrected chi connectivity index (χ4v) is 5.12. The zero-order valence-corrected chi connectivity index (χ0v) is 19.4. The number of hydrogen-bond donors (Lipinski definition) is 1. The van der Waals surface area contributed by atoms with Crippen LogP contribution in [0.15, 0.2) is 35.5 Å². The summed E-state index contributed by atoms with van der Waals surface area (Å²) in [5, 5.41) is 10.9. The summed E-state index contributed by atoms with van der Waals surface area (Å²) in [5.41, 5.74) is 2.20. The van der Waals surface area contributed by atoms with Gasteiger partial charge in [0.25, 0.3) is 0 Å². The van der Waals surface area contributed by atoms with E-state index in [1.807, 2.05) is 9.29 Å². The van der Waals surface area contributed by atoms with Crippen LogP contribution in [0.2, 0.25) is 5.15 Å². The van der Waals surface area contributed by atoms with Gasteiger partial charge in [-0.1, -0.05) is 18.0 Å².